The standard InChI is InChI=1S/C54H41NO2P2Si/c56-58(42-24-7-1-8-25-42,43-26-9-2-10-27-43)50-38-23-39-51(59(57,44-28-11-3-12-29-44)45-30-13-4-14-31-45)54(50)55-48-36-19-21-40-52(48)60(46-32-15-5-16-33-46,47-34-17-6-18-35-47)53-41-22-20-37-49(53)55/h1-41H. The first-order chi connectivity index (χ1) is 29.6. The smallest absolute Gasteiger partial charge is 0.184 e. The molecule has 0 atom stereocenters. The summed E-state index contributed by atoms with van der Waals surface area (Å²) in [7, 11) is -10.4. The van der Waals surface area contributed by atoms with E-state index in [1.54, 1.807) is 0 Å². The Morgan fingerprint density at radius 2 is 0.583 bits per heavy atom. The Hall–Kier alpha value is -6.54. The van der Waals surface area contributed by atoms with Gasteiger partial charge in [-0.05, 0) is 45.0 Å². The highest BCUT2D eigenvalue weighted by atomic mass is 31.2. The molecule has 1 aliphatic rings. The van der Waals surface area contributed by atoms with Crippen LogP contribution < -0.4 is 57.5 Å². The van der Waals surface area contributed by atoms with Crippen molar-refractivity contribution in [1.82, 2.24) is 0 Å². The number of hydrogen-bond acceptors (Lipinski definition) is 3. The van der Waals surface area contributed by atoms with Gasteiger partial charge in [0.05, 0.1) is 5.69 Å². The van der Waals surface area contributed by atoms with Gasteiger partial charge in [-0.2, -0.15) is 0 Å². The fourth-order valence-electron chi connectivity index (χ4n) is 9.32. The second-order valence-electron chi connectivity index (χ2n) is 15.1. The summed E-state index contributed by atoms with van der Waals surface area (Å²) < 4.78 is 33.8. The first kappa shape index (κ1) is 37.7. The molecule has 0 saturated carbocycles. The molecule has 1 aliphatic heterocycles. The van der Waals surface area contributed by atoms with Crippen molar-refractivity contribution in [2.24, 2.45) is 0 Å². The normalized spacial score (nSPS) is 13.2. The number of anilines is 3. The zero-order valence-electron chi connectivity index (χ0n) is 32.8. The molecule has 0 aromatic heterocycles. The molecule has 9 aromatic carbocycles. The number of hydrogen-bond donors (Lipinski definition) is 0. The van der Waals surface area contributed by atoms with Gasteiger partial charge in [0.25, 0.3) is 0 Å². The topological polar surface area (TPSA) is 37.4 Å². The quantitative estimate of drug-likeness (QED) is 0.109. The number of para-hydroxylation sites is 3. The summed E-state index contributed by atoms with van der Waals surface area (Å²) in [6.07, 6.45) is 0. The average molecular weight is 826 g/mol. The number of fused-ring (bicyclic) bond motifs is 2. The lowest BCUT2D eigenvalue weighted by Gasteiger charge is -2.46. The van der Waals surface area contributed by atoms with Crippen LogP contribution in [-0.4, -0.2) is 8.07 Å². The lowest BCUT2D eigenvalue weighted by Crippen LogP contribution is -2.77. The van der Waals surface area contributed by atoms with E-state index in [0.717, 1.165) is 11.4 Å². The van der Waals surface area contributed by atoms with Gasteiger partial charge in [-0.3, -0.25) is 0 Å². The summed E-state index contributed by atoms with van der Waals surface area (Å²) in [6.45, 7) is 0. The van der Waals surface area contributed by atoms with Crippen LogP contribution in [0.2, 0.25) is 0 Å². The van der Waals surface area contributed by atoms with Crippen molar-refractivity contribution in [2.75, 3.05) is 4.90 Å². The average Bonchev–Trinajstić information content (AvgIpc) is 3.34. The van der Waals surface area contributed by atoms with Crippen molar-refractivity contribution in [3.05, 3.63) is 249 Å². The first-order valence-electron chi connectivity index (χ1n) is 20.2. The zero-order chi connectivity index (χ0) is 40.6. The minimum Gasteiger partial charge on any atom is -0.309 e. The Balaban J connectivity index is 1.40. The Morgan fingerprint density at radius 3 is 0.917 bits per heavy atom. The Morgan fingerprint density at radius 1 is 0.300 bits per heavy atom. The van der Waals surface area contributed by atoms with Crippen LogP contribution in [0.5, 0.6) is 0 Å². The molecule has 9 aromatic rings. The van der Waals surface area contributed by atoms with E-state index in [-0.39, 0.29) is 0 Å². The van der Waals surface area contributed by atoms with E-state index in [9.17, 15) is 0 Å². The third kappa shape index (κ3) is 5.86. The molecule has 60 heavy (non-hydrogen) atoms. The van der Waals surface area contributed by atoms with Gasteiger partial charge in [-0.25, -0.2) is 0 Å². The fraction of sp³-hybridized carbons (Fsp3) is 0. The lowest BCUT2D eigenvalue weighted by atomic mass is 10.1. The van der Waals surface area contributed by atoms with E-state index in [4.69, 9.17) is 0 Å². The second-order valence-corrected chi connectivity index (χ2v) is 24.3. The summed E-state index contributed by atoms with van der Waals surface area (Å²) in [5.41, 5.74) is 2.63. The second kappa shape index (κ2) is 15.6. The summed E-state index contributed by atoms with van der Waals surface area (Å²) in [5, 5.41) is 9.02. The predicted octanol–water partition coefficient (Wildman–Crippen LogP) is 8.13. The van der Waals surface area contributed by atoms with E-state index < -0.39 is 22.4 Å². The molecular formula is C54H41NO2P2Si. The third-order valence-electron chi connectivity index (χ3n) is 11.9. The molecule has 0 aliphatic carbocycles. The van der Waals surface area contributed by atoms with Gasteiger partial charge in [0.15, 0.2) is 22.4 Å². The van der Waals surface area contributed by atoms with Gasteiger partial charge in [0.2, 0.25) is 0 Å². The van der Waals surface area contributed by atoms with Crippen molar-refractivity contribution >= 4 is 92.0 Å². The van der Waals surface area contributed by atoms with Crippen LogP contribution in [0.15, 0.2) is 249 Å². The number of nitrogens with zero attached hydrogens (tertiary/aromatic N) is 1. The maximum Gasteiger partial charge on any atom is 0.184 e. The molecule has 0 spiro atoms. The molecule has 0 unspecified atom stereocenters. The Bertz CT molecular complexity index is 2750. The van der Waals surface area contributed by atoms with Crippen LogP contribution in [0.25, 0.3) is 0 Å². The maximum atomic E-state index is 16.9. The summed E-state index contributed by atoms with van der Waals surface area (Å²) >= 11 is 0. The summed E-state index contributed by atoms with van der Waals surface area (Å²) in [4.78, 5) is 2.31. The highest BCUT2D eigenvalue weighted by molar-refractivity contribution is 7.87. The number of benzene rings is 9. The zero-order valence-corrected chi connectivity index (χ0v) is 35.6. The van der Waals surface area contributed by atoms with E-state index in [1.165, 1.54) is 20.7 Å². The molecule has 1 heterocycles. The molecular weight excluding hydrogens is 785 g/mol. The SMILES string of the molecule is O=P(c1ccccc1)(c1ccccc1)c1cccc(P(=O)(c2ccccc2)c2ccccc2)c1N1c2ccccc2[Si](c2ccccc2)(c2ccccc2)c2ccccc21. The molecule has 0 N–H and O–H groups in total. The first-order valence-corrected chi connectivity index (χ1v) is 25.7. The van der Waals surface area contributed by atoms with Crippen LogP contribution in [-0.2, 0) is 9.13 Å². The van der Waals surface area contributed by atoms with Crippen molar-refractivity contribution < 1.29 is 9.13 Å². The molecule has 0 radical (unpaired) electrons. The van der Waals surface area contributed by atoms with Crippen molar-refractivity contribution in [2.45, 2.75) is 0 Å². The summed E-state index contributed by atoms with van der Waals surface area (Å²) in [5.74, 6) is 0. The van der Waals surface area contributed by atoms with E-state index in [2.05, 4.69) is 114 Å². The van der Waals surface area contributed by atoms with E-state index in [0.29, 0.717) is 37.5 Å². The highest BCUT2D eigenvalue weighted by Gasteiger charge is 2.50. The van der Waals surface area contributed by atoms with Gasteiger partial charge in [0, 0.05) is 43.2 Å². The minimum atomic E-state index is -3.68. The largest absolute Gasteiger partial charge is 0.309 e. The summed E-state index contributed by atoms with van der Waals surface area (Å²) in [6, 6.07) is 84.6. The molecule has 288 valence electrons. The van der Waals surface area contributed by atoms with Crippen molar-refractivity contribution in [3.8, 4) is 0 Å². The molecule has 10 rings (SSSR count). The molecule has 0 bridgehead atoms. The molecule has 6 heteroatoms. The maximum absolute atomic E-state index is 16.9. The van der Waals surface area contributed by atoms with Gasteiger partial charge < -0.3 is 14.0 Å². The third-order valence-corrected chi connectivity index (χ3v) is 22.9. The highest BCUT2D eigenvalue weighted by Crippen LogP contribution is 2.52. The van der Waals surface area contributed by atoms with Crippen molar-refractivity contribution in [3.63, 3.8) is 0 Å². The van der Waals surface area contributed by atoms with Crippen LogP contribution in [0, 0.1) is 0 Å². The van der Waals surface area contributed by atoms with E-state index in [1.807, 2.05) is 140 Å². The molecule has 0 amide bonds. The van der Waals surface area contributed by atoms with Crippen LogP contribution >= 0.6 is 14.3 Å². The van der Waals surface area contributed by atoms with Gasteiger partial charge in [0.1, 0.15) is 0 Å². The van der Waals surface area contributed by atoms with Crippen molar-refractivity contribution in [1.29, 1.82) is 0 Å². The van der Waals surface area contributed by atoms with Crippen LogP contribution in [0.1, 0.15) is 0 Å². The van der Waals surface area contributed by atoms with Crippen LogP contribution in [0.3, 0.4) is 0 Å². The Labute approximate surface area is 353 Å². The molecule has 0 saturated heterocycles. The van der Waals surface area contributed by atoms with Crippen LogP contribution in [0.4, 0.5) is 17.1 Å². The van der Waals surface area contributed by atoms with Gasteiger partial charge >= 0.3 is 0 Å². The molecule has 0 fully saturated rings. The van der Waals surface area contributed by atoms with E-state index >= 15 is 9.13 Å². The Kier molecular flexibility index (Phi) is 9.78. The van der Waals surface area contributed by atoms with Gasteiger partial charge in [-0.1, -0.05) is 224 Å². The minimum absolute atomic E-state index is 0.627. The fourth-order valence-corrected chi connectivity index (χ4v) is 20.2. The monoisotopic (exact) mass is 825 g/mol. The predicted molar refractivity (Wildman–Crippen MR) is 257 cm³/mol. The van der Waals surface area contributed by atoms with Gasteiger partial charge in [-0.15, -0.1) is 0 Å². The molecule has 3 nitrogen and oxygen atoms in total. The number of rotatable bonds is 9. The lowest BCUT2D eigenvalue weighted by molar-refractivity contribution is 0.592.